The summed E-state index contributed by atoms with van der Waals surface area (Å²) in [5.74, 6) is 0.938. The predicted molar refractivity (Wildman–Crippen MR) is 65.4 cm³/mol. The highest BCUT2D eigenvalue weighted by Gasteiger charge is 2.33. The van der Waals surface area contributed by atoms with Crippen LogP contribution in [0.2, 0.25) is 0 Å². The minimum absolute atomic E-state index is 0.0776. The van der Waals surface area contributed by atoms with Crippen molar-refractivity contribution < 1.29 is 0 Å². The molecule has 0 unspecified atom stereocenters. The second kappa shape index (κ2) is 3.57. The number of aromatic amines is 1. The van der Waals surface area contributed by atoms with E-state index in [2.05, 4.69) is 28.3 Å². The van der Waals surface area contributed by atoms with Gasteiger partial charge in [-0.1, -0.05) is 6.07 Å². The first-order chi connectivity index (χ1) is 8.23. The maximum absolute atomic E-state index is 9.05. The molecular formula is C13H14N4. The number of rotatable bonds is 1. The van der Waals surface area contributed by atoms with Crippen molar-refractivity contribution in [2.75, 3.05) is 6.54 Å². The van der Waals surface area contributed by atoms with Crippen molar-refractivity contribution in [3.05, 3.63) is 29.6 Å². The van der Waals surface area contributed by atoms with Crippen LogP contribution >= 0.6 is 0 Å². The average molecular weight is 226 g/mol. The number of nitrogens with one attached hydrogen (secondary N) is 2. The van der Waals surface area contributed by atoms with Gasteiger partial charge in [-0.3, -0.25) is 0 Å². The number of nitrogens with zero attached hydrogens (tertiary/aromatic N) is 2. The van der Waals surface area contributed by atoms with Crippen LogP contribution in [0, 0.1) is 11.3 Å². The van der Waals surface area contributed by atoms with Gasteiger partial charge in [-0.2, -0.15) is 5.26 Å². The third-order valence-corrected chi connectivity index (χ3v) is 3.52. The smallest absolute Gasteiger partial charge is 0.127 e. The molecule has 0 bridgehead atoms. The molecule has 0 aliphatic carbocycles. The Morgan fingerprint density at radius 1 is 1.47 bits per heavy atom. The fourth-order valence-electron chi connectivity index (χ4n) is 2.48. The number of hydrogen-bond acceptors (Lipinski definition) is 3. The Hall–Kier alpha value is -1.86. The zero-order valence-corrected chi connectivity index (χ0v) is 9.75. The van der Waals surface area contributed by atoms with Gasteiger partial charge in [-0.15, -0.1) is 0 Å². The summed E-state index contributed by atoms with van der Waals surface area (Å²) in [4.78, 5) is 7.92. The zero-order valence-electron chi connectivity index (χ0n) is 9.75. The van der Waals surface area contributed by atoms with Gasteiger partial charge in [0, 0.05) is 0 Å². The van der Waals surface area contributed by atoms with E-state index in [0.717, 1.165) is 29.8 Å². The highest BCUT2D eigenvalue weighted by molar-refractivity contribution is 5.81. The fourth-order valence-corrected chi connectivity index (χ4v) is 2.48. The van der Waals surface area contributed by atoms with E-state index in [1.807, 2.05) is 12.1 Å². The molecule has 4 nitrogen and oxygen atoms in total. The Balaban J connectivity index is 2.17. The largest absolute Gasteiger partial charge is 0.340 e. The van der Waals surface area contributed by atoms with Crippen molar-refractivity contribution in [1.82, 2.24) is 15.3 Å². The molecule has 0 radical (unpaired) electrons. The van der Waals surface area contributed by atoms with Crippen LogP contribution in [0.3, 0.4) is 0 Å². The van der Waals surface area contributed by atoms with Crippen LogP contribution in [0.4, 0.5) is 0 Å². The van der Waals surface area contributed by atoms with Crippen LogP contribution in [0.5, 0.6) is 0 Å². The Bertz CT molecular complexity index is 599. The Morgan fingerprint density at radius 3 is 3.06 bits per heavy atom. The monoisotopic (exact) mass is 226 g/mol. The highest BCUT2D eigenvalue weighted by atomic mass is 15.1. The quantitative estimate of drug-likeness (QED) is 0.782. The molecule has 1 aliphatic heterocycles. The third kappa shape index (κ3) is 1.51. The molecule has 0 spiro atoms. The van der Waals surface area contributed by atoms with E-state index < -0.39 is 0 Å². The molecule has 1 saturated heterocycles. The number of H-pyrrole nitrogens is 1. The lowest BCUT2D eigenvalue weighted by atomic mass is 10.00. The first kappa shape index (κ1) is 10.3. The minimum atomic E-state index is -0.0776. The van der Waals surface area contributed by atoms with Gasteiger partial charge < -0.3 is 10.3 Å². The molecular weight excluding hydrogens is 212 g/mol. The topological polar surface area (TPSA) is 64.5 Å². The van der Waals surface area contributed by atoms with Gasteiger partial charge in [-0.25, -0.2) is 4.98 Å². The van der Waals surface area contributed by atoms with E-state index in [9.17, 15) is 0 Å². The fraction of sp³-hybridized carbons (Fsp3) is 0.385. The molecule has 0 saturated carbocycles. The lowest BCUT2D eigenvalue weighted by Crippen LogP contribution is -2.34. The molecule has 1 aromatic heterocycles. The van der Waals surface area contributed by atoms with Crippen molar-refractivity contribution in [2.24, 2.45) is 0 Å². The summed E-state index contributed by atoms with van der Waals surface area (Å²) in [6.45, 7) is 3.18. The number of fused-ring (bicyclic) bond motifs is 1. The number of imidazole rings is 1. The first-order valence-electron chi connectivity index (χ1n) is 5.87. The normalized spacial score (nSPS) is 24.0. The van der Waals surface area contributed by atoms with Crippen LogP contribution in [-0.4, -0.2) is 16.5 Å². The van der Waals surface area contributed by atoms with Gasteiger partial charge in [0.15, 0.2) is 0 Å². The van der Waals surface area contributed by atoms with Gasteiger partial charge >= 0.3 is 0 Å². The van der Waals surface area contributed by atoms with Gasteiger partial charge in [0.25, 0.3) is 0 Å². The minimum Gasteiger partial charge on any atom is -0.340 e. The van der Waals surface area contributed by atoms with E-state index in [1.54, 1.807) is 6.07 Å². The van der Waals surface area contributed by atoms with Crippen molar-refractivity contribution in [3.63, 3.8) is 0 Å². The van der Waals surface area contributed by atoms with E-state index in [4.69, 9.17) is 5.26 Å². The van der Waals surface area contributed by atoms with Crippen LogP contribution in [-0.2, 0) is 5.54 Å². The summed E-state index contributed by atoms with van der Waals surface area (Å²) < 4.78 is 0. The number of aromatic nitrogens is 2. The Labute approximate surface area is 99.7 Å². The van der Waals surface area contributed by atoms with E-state index in [1.165, 1.54) is 6.42 Å². The van der Waals surface area contributed by atoms with Crippen LogP contribution in [0.15, 0.2) is 18.2 Å². The van der Waals surface area contributed by atoms with Crippen molar-refractivity contribution in [1.29, 1.82) is 5.26 Å². The molecule has 1 aromatic carbocycles. The Morgan fingerprint density at radius 2 is 2.35 bits per heavy atom. The lowest BCUT2D eigenvalue weighted by molar-refractivity contribution is 0.412. The lowest BCUT2D eigenvalue weighted by Gasteiger charge is -2.21. The van der Waals surface area contributed by atoms with Crippen molar-refractivity contribution in [2.45, 2.75) is 25.3 Å². The zero-order chi connectivity index (χ0) is 11.9. The van der Waals surface area contributed by atoms with E-state index in [-0.39, 0.29) is 5.54 Å². The molecule has 1 fully saturated rings. The molecule has 1 aliphatic rings. The number of benzene rings is 1. The summed E-state index contributed by atoms with van der Waals surface area (Å²) in [7, 11) is 0. The molecule has 2 aromatic rings. The SMILES string of the molecule is C[C@]1(c2nc3c(C#N)cccc3[nH]2)CCCN1. The maximum Gasteiger partial charge on any atom is 0.127 e. The van der Waals surface area contributed by atoms with Crippen molar-refractivity contribution in [3.8, 4) is 6.07 Å². The second-order valence-electron chi connectivity index (χ2n) is 4.76. The Kier molecular flexibility index (Phi) is 2.17. The molecule has 3 rings (SSSR count). The molecule has 17 heavy (non-hydrogen) atoms. The van der Waals surface area contributed by atoms with E-state index >= 15 is 0 Å². The average Bonchev–Trinajstić information content (AvgIpc) is 2.95. The van der Waals surface area contributed by atoms with E-state index in [0.29, 0.717) is 5.56 Å². The molecule has 1 atom stereocenters. The highest BCUT2D eigenvalue weighted by Crippen LogP contribution is 2.30. The summed E-state index contributed by atoms with van der Waals surface area (Å²) >= 11 is 0. The molecule has 2 heterocycles. The summed E-state index contributed by atoms with van der Waals surface area (Å²) in [6, 6.07) is 7.83. The standard InChI is InChI=1S/C13H14N4/c1-13(6-3-7-15-13)12-16-10-5-2-4-9(8-14)11(10)17-12/h2,4-5,15H,3,6-7H2,1H3,(H,16,17)/t13-/m1/s1. The maximum atomic E-state index is 9.05. The van der Waals surface area contributed by atoms with Gasteiger partial charge in [-0.05, 0) is 38.4 Å². The molecule has 86 valence electrons. The molecule has 4 heteroatoms. The first-order valence-corrected chi connectivity index (χ1v) is 5.87. The van der Waals surface area contributed by atoms with Crippen LogP contribution < -0.4 is 5.32 Å². The number of nitriles is 1. The van der Waals surface area contributed by atoms with Crippen LogP contribution in [0.25, 0.3) is 11.0 Å². The summed E-state index contributed by atoms with van der Waals surface area (Å²) in [5, 5.41) is 12.5. The van der Waals surface area contributed by atoms with Gasteiger partial charge in [0.1, 0.15) is 17.4 Å². The second-order valence-corrected chi connectivity index (χ2v) is 4.76. The molecule has 0 amide bonds. The predicted octanol–water partition coefficient (Wildman–Crippen LogP) is 2.03. The van der Waals surface area contributed by atoms with Crippen LogP contribution in [0.1, 0.15) is 31.2 Å². The van der Waals surface area contributed by atoms with Gasteiger partial charge in [0.2, 0.25) is 0 Å². The molecule has 2 N–H and O–H groups in total. The van der Waals surface area contributed by atoms with Gasteiger partial charge in [0.05, 0.1) is 16.6 Å². The third-order valence-electron chi connectivity index (χ3n) is 3.52. The number of para-hydroxylation sites is 1. The number of hydrogen-bond donors (Lipinski definition) is 2. The van der Waals surface area contributed by atoms with Crippen molar-refractivity contribution >= 4 is 11.0 Å². The summed E-state index contributed by atoms with van der Waals surface area (Å²) in [6.07, 6.45) is 2.24. The summed E-state index contributed by atoms with van der Waals surface area (Å²) in [5.41, 5.74) is 2.27.